The molecule has 0 aliphatic rings. The molecule has 1 atom stereocenters. The molecule has 2 aromatic rings. The molecule has 2 N–H and O–H groups in total. The normalized spacial score (nSPS) is 12.1. The van der Waals surface area contributed by atoms with Gasteiger partial charge in [0, 0.05) is 31.6 Å². The maximum Gasteiger partial charge on any atom is 0.272 e. The highest BCUT2D eigenvalue weighted by atomic mass is 19.1. The van der Waals surface area contributed by atoms with E-state index in [2.05, 4.69) is 15.7 Å². The first-order chi connectivity index (χ1) is 17.5. The first-order valence-corrected chi connectivity index (χ1v) is 12.8. The van der Waals surface area contributed by atoms with Crippen molar-refractivity contribution in [3.8, 4) is 22.8 Å². The number of rotatable bonds is 14. The number of hydrogen-bond donors (Lipinski definition) is 2. The fourth-order valence-electron chi connectivity index (χ4n) is 4.15. The lowest BCUT2D eigenvalue weighted by Gasteiger charge is -2.20. The van der Waals surface area contributed by atoms with Gasteiger partial charge in [0.25, 0.3) is 5.91 Å². The molecule has 0 bridgehead atoms. The molecule has 0 aliphatic heterocycles. The van der Waals surface area contributed by atoms with E-state index in [-0.39, 0.29) is 52.6 Å². The van der Waals surface area contributed by atoms with E-state index in [4.69, 9.17) is 9.47 Å². The van der Waals surface area contributed by atoms with E-state index in [0.29, 0.717) is 25.6 Å². The van der Waals surface area contributed by atoms with Gasteiger partial charge >= 0.3 is 0 Å². The number of halogens is 2. The Labute approximate surface area is 218 Å². The minimum Gasteiger partial charge on any atom is -0.493 e. The minimum atomic E-state index is -0.898. The number of nitrogens with zero attached hydrogens (tertiary/aromatic N) is 2. The van der Waals surface area contributed by atoms with Gasteiger partial charge in [-0.1, -0.05) is 41.0 Å². The number of unbranched alkanes of at least 4 members (excludes halogenated alkanes) is 1. The Kier molecular flexibility index (Phi) is 11.3. The number of ether oxygens (including phenoxy) is 2. The number of methoxy groups -OCH3 is 2. The van der Waals surface area contributed by atoms with Crippen molar-refractivity contribution in [2.75, 3.05) is 20.8 Å². The largest absolute Gasteiger partial charge is 0.493 e. The Balaban J connectivity index is 2.45. The molecule has 1 aromatic heterocycles. The molecule has 1 heterocycles. The van der Waals surface area contributed by atoms with Crippen LogP contribution in [0.2, 0.25) is 0 Å². The van der Waals surface area contributed by atoms with Crippen LogP contribution in [0.5, 0.6) is 11.5 Å². The number of amides is 2. The summed E-state index contributed by atoms with van der Waals surface area (Å²) in [5.74, 6) is -2.47. The van der Waals surface area contributed by atoms with Gasteiger partial charge in [-0.25, -0.2) is 8.78 Å². The van der Waals surface area contributed by atoms with Gasteiger partial charge in [-0.2, -0.15) is 5.10 Å². The minimum absolute atomic E-state index is 0.0312. The Morgan fingerprint density at radius 1 is 1.03 bits per heavy atom. The topological polar surface area (TPSA) is 94.5 Å². The van der Waals surface area contributed by atoms with Crippen molar-refractivity contribution in [1.82, 2.24) is 20.4 Å². The second-order valence-electron chi connectivity index (χ2n) is 9.98. The van der Waals surface area contributed by atoms with Crippen LogP contribution in [-0.2, 0) is 11.3 Å². The van der Waals surface area contributed by atoms with Gasteiger partial charge in [-0.15, -0.1) is 0 Å². The average Bonchev–Trinajstić information content (AvgIpc) is 3.21. The van der Waals surface area contributed by atoms with Crippen molar-refractivity contribution in [2.24, 2.45) is 11.8 Å². The van der Waals surface area contributed by atoms with E-state index in [9.17, 15) is 18.4 Å². The number of carbonyl (C=O) groups is 2. The highest BCUT2D eigenvalue weighted by Crippen LogP contribution is 2.42. The third-order valence-electron chi connectivity index (χ3n) is 5.73. The molecular formula is C27H40F2N4O4. The van der Waals surface area contributed by atoms with E-state index >= 15 is 0 Å². The van der Waals surface area contributed by atoms with Crippen LogP contribution in [0.25, 0.3) is 11.3 Å². The Hall–Kier alpha value is -3.17. The number of aromatic nitrogens is 2. The van der Waals surface area contributed by atoms with Crippen molar-refractivity contribution in [3.63, 3.8) is 0 Å². The van der Waals surface area contributed by atoms with Crippen molar-refractivity contribution in [2.45, 2.75) is 72.9 Å². The van der Waals surface area contributed by atoms with E-state index in [1.807, 2.05) is 34.6 Å². The molecule has 10 heteroatoms. The number of hydrogen-bond acceptors (Lipinski definition) is 5. The highest BCUT2D eigenvalue weighted by Gasteiger charge is 2.28. The van der Waals surface area contributed by atoms with Gasteiger partial charge in [0.1, 0.15) is 0 Å². The van der Waals surface area contributed by atoms with Crippen LogP contribution >= 0.6 is 0 Å². The van der Waals surface area contributed by atoms with E-state index < -0.39 is 23.6 Å². The third-order valence-corrected chi connectivity index (χ3v) is 5.73. The molecule has 2 amide bonds. The zero-order valence-electron chi connectivity index (χ0n) is 22.9. The molecule has 0 aliphatic carbocycles. The second-order valence-corrected chi connectivity index (χ2v) is 9.98. The molecule has 2 rings (SSSR count). The van der Waals surface area contributed by atoms with Crippen molar-refractivity contribution in [1.29, 1.82) is 0 Å². The Morgan fingerprint density at radius 2 is 1.65 bits per heavy atom. The molecule has 0 fully saturated rings. The van der Waals surface area contributed by atoms with Crippen molar-refractivity contribution < 1.29 is 27.8 Å². The predicted octanol–water partition coefficient (Wildman–Crippen LogP) is 4.95. The van der Waals surface area contributed by atoms with Crippen molar-refractivity contribution in [3.05, 3.63) is 29.5 Å². The average molecular weight is 523 g/mol. The van der Waals surface area contributed by atoms with Crippen LogP contribution in [0.1, 0.15) is 70.8 Å². The number of benzene rings is 1. The van der Waals surface area contributed by atoms with E-state index in [0.717, 1.165) is 12.8 Å². The lowest BCUT2D eigenvalue weighted by Crippen LogP contribution is -2.40. The summed E-state index contributed by atoms with van der Waals surface area (Å²) in [7, 11) is 2.55. The van der Waals surface area contributed by atoms with Crippen LogP contribution < -0.4 is 20.1 Å². The monoisotopic (exact) mass is 522 g/mol. The second kappa shape index (κ2) is 13.9. The number of carbonyl (C=O) groups excluding carboxylic acids is 2. The van der Waals surface area contributed by atoms with Gasteiger partial charge < -0.3 is 20.1 Å². The highest BCUT2D eigenvalue weighted by molar-refractivity contribution is 5.94. The zero-order chi connectivity index (χ0) is 27.7. The number of nitrogens with one attached hydrogen (secondary N) is 2. The first kappa shape index (κ1) is 30.1. The molecule has 8 nitrogen and oxygen atoms in total. The van der Waals surface area contributed by atoms with Crippen LogP contribution in [0.4, 0.5) is 8.78 Å². The molecule has 0 saturated carbocycles. The predicted molar refractivity (Wildman–Crippen MR) is 139 cm³/mol. The zero-order valence-corrected chi connectivity index (χ0v) is 22.9. The fraction of sp³-hybridized carbons (Fsp3) is 0.593. The summed E-state index contributed by atoms with van der Waals surface area (Å²) in [5.41, 5.74) is 0.372. The van der Waals surface area contributed by atoms with Crippen LogP contribution in [0.15, 0.2) is 12.1 Å². The van der Waals surface area contributed by atoms with E-state index in [1.165, 1.54) is 25.0 Å². The molecule has 206 valence electrons. The Bertz CT molecular complexity index is 1040. The molecule has 0 saturated heterocycles. The summed E-state index contributed by atoms with van der Waals surface area (Å²) in [5, 5.41) is 10.3. The summed E-state index contributed by atoms with van der Waals surface area (Å²) in [6.07, 6.45) is 2.60. The summed E-state index contributed by atoms with van der Waals surface area (Å²) in [6.45, 7) is 11.0. The van der Waals surface area contributed by atoms with Crippen LogP contribution in [0.3, 0.4) is 0 Å². The van der Waals surface area contributed by atoms with Crippen molar-refractivity contribution >= 4 is 11.8 Å². The SMILES string of the molecule is CCCCNC(=O)C[C@H](CC(C)C)NC(=O)c1cc(-c2c(OC)c(F)cc(F)c2OC)n(CC(C)C)n1. The van der Waals surface area contributed by atoms with Gasteiger partial charge in [-0.3, -0.25) is 14.3 Å². The van der Waals surface area contributed by atoms with Gasteiger partial charge in [-0.05, 0) is 30.7 Å². The summed E-state index contributed by atoms with van der Waals surface area (Å²) in [6, 6.07) is 1.76. The van der Waals surface area contributed by atoms with Gasteiger partial charge in [0.2, 0.25) is 5.91 Å². The maximum absolute atomic E-state index is 14.6. The quantitative estimate of drug-likeness (QED) is 0.342. The lowest BCUT2D eigenvalue weighted by molar-refractivity contribution is -0.121. The summed E-state index contributed by atoms with van der Waals surface area (Å²) < 4.78 is 41.3. The third kappa shape index (κ3) is 8.16. The molecule has 0 spiro atoms. The summed E-state index contributed by atoms with van der Waals surface area (Å²) in [4.78, 5) is 25.7. The Morgan fingerprint density at radius 3 is 2.16 bits per heavy atom. The molecule has 1 aromatic carbocycles. The van der Waals surface area contributed by atoms with Crippen LogP contribution in [-0.4, -0.2) is 48.4 Å². The van der Waals surface area contributed by atoms with Gasteiger partial charge in [0.05, 0.1) is 25.5 Å². The van der Waals surface area contributed by atoms with Gasteiger partial charge in [0.15, 0.2) is 28.8 Å². The summed E-state index contributed by atoms with van der Waals surface area (Å²) >= 11 is 0. The lowest BCUT2D eigenvalue weighted by atomic mass is 10.0. The standard InChI is InChI=1S/C27H40F2N4O4/c1-8-9-10-30-23(34)12-18(11-16(2)3)31-27(35)21-14-22(33(32-21)15-17(4)5)24-25(36-6)19(28)13-20(29)26(24)37-7/h13-14,16-18H,8-12,15H2,1-7H3,(H,30,34)(H,31,35)/t18-/m0/s1. The molecular weight excluding hydrogens is 482 g/mol. The van der Waals surface area contributed by atoms with Crippen LogP contribution in [0, 0.1) is 23.5 Å². The molecule has 37 heavy (non-hydrogen) atoms. The maximum atomic E-state index is 14.6. The molecule has 0 unspecified atom stereocenters. The smallest absolute Gasteiger partial charge is 0.272 e. The first-order valence-electron chi connectivity index (χ1n) is 12.8. The fourth-order valence-corrected chi connectivity index (χ4v) is 4.15. The van der Waals surface area contributed by atoms with E-state index in [1.54, 1.807) is 0 Å². The molecule has 0 radical (unpaired) electrons.